The molecule has 4 rings (SSSR count). The highest BCUT2D eigenvalue weighted by Gasteiger charge is 2.33. The summed E-state index contributed by atoms with van der Waals surface area (Å²) >= 11 is 0. The van der Waals surface area contributed by atoms with Crippen molar-refractivity contribution in [2.75, 3.05) is 20.2 Å². The summed E-state index contributed by atoms with van der Waals surface area (Å²) in [5.74, 6) is -0.828. The Hall–Kier alpha value is -3.15. The van der Waals surface area contributed by atoms with Gasteiger partial charge >= 0.3 is 5.97 Å². The molecule has 2 aliphatic rings. The summed E-state index contributed by atoms with van der Waals surface area (Å²) in [7, 11) is 1.34. The molecule has 0 aliphatic carbocycles. The minimum Gasteiger partial charge on any atom is -0.468 e. The van der Waals surface area contributed by atoms with Crippen LogP contribution in [0.5, 0.6) is 0 Å². The van der Waals surface area contributed by atoms with Crippen molar-refractivity contribution in [2.45, 2.75) is 58.0 Å². The molecule has 2 saturated heterocycles. The van der Waals surface area contributed by atoms with E-state index in [1.807, 2.05) is 53.4 Å². The number of hydrogen-bond donors (Lipinski definition) is 0. The van der Waals surface area contributed by atoms with E-state index in [1.165, 1.54) is 19.1 Å². The number of carbonyl (C=O) groups excluding carboxylic acids is 3. The van der Waals surface area contributed by atoms with E-state index >= 15 is 0 Å². The van der Waals surface area contributed by atoms with E-state index in [9.17, 15) is 14.4 Å². The Balaban J connectivity index is 0.000000196. The fourth-order valence-corrected chi connectivity index (χ4v) is 4.44. The average Bonchev–Trinajstić information content (AvgIpc) is 3.18. The summed E-state index contributed by atoms with van der Waals surface area (Å²) < 4.78 is 4.73. The topological polar surface area (TPSA) is 66.9 Å². The van der Waals surface area contributed by atoms with E-state index in [4.69, 9.17) is 4.74 Å². The highest BCUT2D eigenvalue weighted by atomic mass is 16.5. The molecule has 0 spiro atoms. The van der Waals surface area contributed by atoms with Crippen molar-refractivity contribution in [3.63, 3.8) is 0 Å². The fraction of sp³-hybridized carbons (Fsp3) is 0.464. The van der Waals surface area contributed by atoms with Gasteiger partial charge in [-0.2, -0.15) is 0 Å². The van der Waals surface area contributed by atoms with Gasteiger partial charge in [0.15, 0.2) is 0 Å². The second-order valence-electron chi connectivity index (χ2n) is 8.93. The van der Waals surface area contributed by atoms with Crippen LogP contribution in [-0.2, 0) is 32.2 Å². The van der Waals surface area contributed by atoms with Crippen LogP contribution in [0.1, 0.15) is 56.1 Å². The maximum atomic E-state index is 12.4. The van der Waals surface area contributed by atoms with Crippen LogP contribution in [0.4, 0.5) is 0 Å². The molecule has 2 aromatic rings. The molecule has 0 N–H and O–H groups in total. The maximum absolute atomic E-state index is 12.4. The smallest absolute Gasteiger partial charge is 0.318 e. The van der Waals surface area contributed by atoms with Crippen LogP contribution in [0, 0.1) is 5.92 Å². The number of ether oxygens (including phenoxy) is 1. The first kappa shape index (κ1) is 25.5. The molecule has 0 saturated carbocycles. The van der Waals surface area contributed by atoms with Gasteiger partial charge in [0, 0.05) is 32.6 Å². The van der Waals surface area contributed by atoms with Gasteiger partial charge in [-0.25, -0.2) is 0 Å². The Labute approximate surface area is 202 Å². The lowest BCUT2D eigenvalue weighted by Gasteiger charge is -2.23. The molecule has 2 aromatic carbocycles. The van der Waals surface area contributed by atoms with Crippen LogP contribution in [0.15, 0.2) is 60.7 Å². The third kappa shape index (κ3) is 7.72. The van der Waals surface area contributed by atoms with E-state index in [0.29, 0.717) is 25.4 Å². The zero-order valence-electron chi connectivity index (χ0n) is 20.2. The van der Waals surface area contributed by atoms with Gasteiger partial charge in [-0.05, 0) is 36.8 Å². The van der Waals surface area contributed by atoms with Crippen molar-refractivity contribution in [1.29, 1.82) is 0 Å². The first-order valence-corrected chi connectivity index (χ1v) is 12.3. The number of methoxy groups -OCH3 is 1. The second-order valence-corrected chi connectivity index (χ2v) is 8.93. The molecule has 0 radical (unpaired) electrons. The van der Waals surface area contributed by atoms with Gasteiger partial charge in [0.2, 0.25) is 11.8 Å². The van der Waals surface area contributed by atoms with Crippen LogP contribution in [0.2, 0.25) is 0 Å². The SMILES string of the molecule is COC(=O)C1CCCCN(Cc2ccccc2)C1=O.O=C1CCCCCN1Cc1ccccc1. The summed E-state index contributed by atoms with van der Waals surface area (Å²) in [5.41, 5.74) is 2.31. The van der Waals surface area contributed by atoms with Crippen LogP contribution >= 0.6 is 0 Å². The lowest BCUT2D eigenvalue weighted by Crippen LogP contribution is -2.38. The van der Waals surface area contributed by atoms with Crippen molar-refractivity contribution in [3.05, 3.63) is 71.8 Å². The number of rotatable bonds is 5. The Morgan fingerprint density at radius 2 is 1.35 bits per heavy atom. The third-order valence-electron chi connectivity index (χ3n) is 6.37. The number of nitrogens with zero attached hydrogens (tertiary/aromatic N) is 2. The zero-order chi connectivity index (χ0) is 24.2. The van der Waals surface area contributed by atoms with Gasteiger partial charge in [0.05, 0.1) is 7.11 Å². The molecule has 2 aliphatic heterocycles. The lowest BCUT2D eigenvalue weighted by atomic mass is 10.0. The number of likely N-dealkylation sites (tertiary alicyclic amines) is 2. The van der Waals surface area contributed by atoms with Gasteiger partial charge in [-0.3, -0.25) is 14.4 Å². The number of carbonyl (C=O) groups is 3. The molecule has 34 heavy (non-hydrogen) atoms. The molecular weight excluding hydrogens is 428 g/mol. The second kappa shape index (κ2) is 13.5. The molecule has 6 heteroatoms. The normalized spacial score (nSPS) is 18.9. The molecule has 0 aromatic heterocycles. The predicted molar refractivity (Wildman–Crippen MR) is 132 cm³/mol. The highest BCUT2D eigenvalue weighted by molar-refractivity contribution is 5.97. The van der Waals surface area contributed by atoms with Crippen LogP contribution in [0.25, 0.3) is 0 Å². The fourth-order valence-electron chi connectivity index (χ4n) is 4.44. The number of benzene rings is 2. The first-order valence-electron chi connectivity index (χ1n) is 12.3. The quantitative estimate of drug-likeness (QED) is 0.480. The Kier molecular flexibility index (Phi) is 10.1. The summed E-state index contributed by atoms with van der Waals surface area (Å²) in [6, 6.07) is 20.1. The summed E-state index contributed by atoms with van der Waals surface area (Å²) in [5, 5.41) is 0. The van der Waals surface area contributed by atoms with Gasteiger partial charge in [0.1, 0.15) is 5.92 Å². The third-order valence-corrected chi connectivity index (χ3v) is 6.37. The van der Waals surface area contributed by atoms with E-state index in [0.717, 1.165) is 50.8 Å². The van der Waals surface area contributed by atoms with Gasteiger partial charge in [0.25, 0.3) is 0 Å². The summed E-state index contributed by atoms with van der Waals surface area (Å²) in [6.07, 6.45) is 6.55. The average molecular weight is 465 g/mol. The minimum atomic E-state index is -0.629. The predicted octanol–water partition coefficient (Wildman–Crippen LogP) is 4.58. The molecule has 2 heterocycles. The van der Waals surface area contributed by atoms with E-state index in [2.05, 4.69) is 12.1 Å². The standard InChI is InChI=1S/C15H19NO3.C13H17NO/c1-19-15(18)13-9-5-6-10-16(14(13)17)11-12-7-3-2-4-8-12;15-13-9-5-2-6-10-14(13)11-12-7-3-1-4-8-12/h2-4,7-8,13H,5-6,9-11H2,1H3;1,3-4,7-8H,2,5-6,9-11H2. The Morgan fingerprint density at radius 3 is 1.97 bits per heavy atom. The van der Waals surface area contributed by atoms with Crippen LogP contribution in [-0.4, -0.2) is 47.8 Å². The monoisotopic (exact) mass is 464 g/mol. The number of amides is 2. The summed E-state index contributed by atoms with van der Waals surface area (Å²) in [4.78, 5) is 39.5. The van der Waals surface area contributed by atoms with Gasteiger partial charge < -0.3 is 14.5 Å². The first-order chi connectivity index (χ1) is 16.6. The molecule has 6 nitrogen and oxygen atoms in total. The minimum absolute atomic E-state index is 0.104. The molecule has 2 fully saturated rings. The van der Waals surface area contributed by atoms with Crippen molar-refractivity contribution in [3.8, 4) is 0 Å². The molecule has 182 valence electrons. The van der Waals surface area contributed by atoms with Gasteiger partial charge in [-0.15, -0.1) is 0 Å². The molecule has 0 bridgehead atoms. The van der Waals surface area contributed by atoms with Crippen LogP contribution in [0.3, 0.4) is 0 Å². The Morgan fingerprint density at radius 1 is 0.794 bits per heavy atom. The van der Waals surface area contributed by atoms with E-state index in [1.54, 1.807) is 4.90 Å². The number of hydrogen-bond acceptors (Lipinski definition) is 4. The van der Waals surface area contributed by atoms with Crippen LogP contribution < -0.4 is 0 Å². The summed E-state index contributed by atoms with van der Waals surface area (Å²) in [6.45, 7) is 2.97. The van der Waals surface area contributed by atoms with E-state index in [-0.39, 0.29) is 5.91 Å². The Bertz CT molecular complexity index is 917. The van der Waals surface area contributed by atoms with Crippen molar-refractivity contribution >= 4 is 17.8 Å². The van der Waals surface area contributed by atoms with Crippen molar-refractivity contribution in [1.82, 2.24) is 9.80 Å². The molecule has 1 unspecified atom stereocenters. The van der Waals surface area contributed by atoms with Gasteiger partial charge in [-0.1, -0.05) is 73.5 Å². The molecule has 1 atom stereocenters. The largest absolute Gasteiger partial charge is 0.468 e. The number of esters is 1. The van der Waals surface area contributed by atoms with E-state index < -0.39 is 11.9 Å². The van der Waals surface area contributed by atoms with Crippen molar-refractivity contribution < 1.29 is 19.1 Å². The zero-order valence-corrected chi connectivity index (χ0v) is 20.2. The van der Waals surface area contributed by atoms with Crippen molar-refractivity contribution in [2.24, 2.45) is 5.92 Å². The highest BCUT2D eigenvalue weighted by Crippen LogP contribution is 2.21. The maximum Gasteiger partial charge on any atom is 0.318 e. The molecule has 2 amide bonds. The lowest BCUT2D eigenvalue weighted by molar-refractivity contribution is -0.153. The molecular formula is C28H36N2O4.